The number of nitrogens with one attached hydrogen (secondary N) is 1. The molecule has 28 heavy (non-hydrogen) atoms. The van der Waals surface area contributed by atoms with Crippen molar-refractivity contribution in [1.29, 1.82) is 0 Å². The van der Waals surface area contributed by atoms with Crippen LogP contribution in [0.25, 0.3) is 22.0 Å². The van der Waals surface area contributed by atoms with E-state index in [1.807, 2.05) is 0 Å². The Morgan fingerprint density at radius 1 is 1.07 bits per heavy atom. The van der Waals surface area contributed by atoms with Gasteiger partial charge in [-0.3, -0.25) is 0 Å². The summed E-state index contributed by atoms with van der Waals surface area (Å²) < 4.78 is 36.0. The van der Waals surface area contributed by atoms with Crippen molar-refractivity contribution < 1.29 is 12.8 Å². The second-order valence-electron chi connectivity index (χ2n) is 7.15. The van der Waals surface area contributed by atoms with Gasteiger partial charge in [-0.05, 0) is 48.2 Å². The number of fused-ring (bicyclic) bond motifs is 1. The van der Waals surface area contributed by atoms with E-state index < -0.39 is 9.84 Å². The van der Waals surface area contributed by atoms with Crippen LogP contribution in [0, 0.1) is 11.7 Å². The lowest BCUT2D eigenvalue weighted by Crippen LogP contribution is -2.26. The third-order valence-electron chi connectivity index (χ3n) is 5.08. The number of benzene rings is 2. The molecule has 0 spiro atoms. The van der Waals surface area contributed by atoms with Crippen LogP contribution in [0.3, 0.4) is 0 Å². The van der Waals surface area contributed by atoms with Crippen LogP contribution in [0.15, 0.2) is 53.6 Å². The van der Waals surface area contributed by atoms with Crippen LogP contribution in [0.4, 0.5) is 4.39 Å². The first-order valence-electron chi connectivity index (χ1n) is 9.50. The maximum absolute atomic E-state index is 13.1. The first-order valence-corrected chi connectivity index (χ1v) is 11.4. The zero-order valence-electron chi connectivity index (χ0n) is 16.9. The molecular weight excluding hydrogens is 375 g/mol. The molecule has 0 fully saturated rings. The highest BCUT2D eigenvalue weighted by molar-refractivity contribution is 7.90. The maximum atomic E-state index is 13.1. The first kappa shape index (κ1) is 22.1. The maximum Gasteiger partial charge on any atom is 0.175 e. The molecule has 3 aromatic rings. The summed E-state index contributed by atoms with van der Waals surface area (Å²) in [7, 11) is -3.19. The van der Waals surface area contributed by atoms with E-state index in [9.17, 15) is 12.8 Å². The molecule has 2 atom stereocenters. The fourth-order valence-corrected chi connectivity index (χ4v) is 3.55. The van der Waals surface area contributed by atoms with E-state index >= 15 is 0 Å². The number of rotatable bonds is 5. The molecule has 0 saturated heterocycles. The molecular formula is C22H29FN2O2S. The van der Waals surface area contributed by atoms with E-state index in [-0.39, 0.29) is 10.7 Å². The molecule has 152 valence electrons. The third kappa shape index (κ3) is 5.42. The number of halogens is 1. The van der Waals surface area contributed by atoms with Crippen LogP contribution in [0.2, 0.25) is 0 Å². The zero-order chi connectivity index (χ0) is 20.9. The second-order valence-corrected chi connectivity index (χ2v) is 9.16. The van der Waals surface area contributed by atoms with Crippen molar-refractivity contribution in [2.24, 2.45) is 11.7 Å². The fraction of sp³-hybridized carbons (Fsp3) is 0.364. The Morgan fingerprint density at radius 3 is 2.21 bits per heavy atom. The van der Waals surface area contributed by atoms with Crippen molar-refractivity contribution in [2.45, 2.75) is 44.6 Å². The largest absolute Gasteiger partial charge is 0.360 e. The summed E-state index contributed by atoms with van der Waals surface area (Å²) in [5.41, 5.74) is 8.24. The molecule has 0 saturated carbocycles. The van der Waals surface area contributed by atoms with Gasteiger partial charge in [0.1, 0.15) is 5.82 Å². The fourth-order valence-electron chi connectivity index (χ4n) is 2.92. The van der Waals surface area contributed by atoms with Gasteiger partial charge in [-0.25, -0.2) is 12.8 Å². The van der Waals surface area contributed by atoms with Gasteiger partial charge in [-0.2, -0.15) is 0 Å². The van der Waals surface area contributed by atoms with E-state index in [0.717, 1.165) is 22.9 Å². The highest BCUT2D eigenvalue weighted by Crippen LogP contribution is 2.29. The summed E-state index contributed by atoms with van der Waals surface area (Å²) in [6.45, 7) is 6.52. The first-order chi connectivity index (χ1) is 13.2. The Balaban J connectivity index is 0.000000300. The molecule has 0 aliphatic heterocycles. The van der Waals surface area contributed by atoms with Crippen LogP contribution in [-0.4, -0.2) is 25.7 Å². The minimum Gasteiger partial charge on any atom is -0.360 e. The van der Waals surface area contributed by atoms with Gasteiger partial charge in [0.15, 0.2) is 9.84 Å². The van der Waals surface area contributed by atoms with Gasteiger partial charge in [0, 0.05) is 35.0 Å². The zero-order valence-corrected chi connectivity index (χ0v) is 17.7. The van der Waals surface area contributed by atoms with E-state index in [0.29, 0.717) is 17.5 Å². The Labute approximate surface area is 166 Å². The lowest BCUT2D eigenvalue weighted by atomic mass is 9.98. The van der Waals surface area contributed by atoms with E-state index in [1.54, 1.807) is 36.5 Å². The Hall–Kier alpha value is -2.18. The highest BCUT2D eigenvalue weighted by Gasteiger charge is 2.10. The Bertz CT molecular complexity index is 1000. The molecule has 6 heteroatoms. The minimum atomic E-state index is -3.19. The van der Waals surface area contributed by atoms with Gasteiger partial charge in [-0.1, -0.05) is 39.3 Å². The van der Waals surface area contributed by atoms with Crippen LogP contribution < -0.4 is 5.73 Å². The van der Waals surface area contributed by atoms with Crippen molar-refractivity contribution in [2.75, 3.05) is 6.26 Å². The average molecular weight is 405 g/mol. The third-order valence-corrected chi connectivity index (χ3v) is 6.21. The molecule has 1 heterocycles. The molecule has 4 nitrogen and oxygen atoms in total. The topological polar surface area (TPSA) is 76.0 Å². The summed E-state index contributed by atoms with van der Waals surface area (Å²) in [6.07, 6.45) is 5.28. The van der Waals surface area contributed by atoms with Crippen molar-refractivity contribution in [3.63, 3.8) is 0 Å². The van der Waals surface area contributed by atoms with Crippen molar-refractivity contribution in [3.05, 3.63) is 54.5 Å². The molecule has 2 aromatic carbocycles. The van der Waals surface area contributed by atoms with E-state index in [2.05, 4.69) is 25.8 Å². The average Bonchev–Trinajstić information content (AvgIpc) is 3.09. The predicted octanol–water partition coefficient (Wildman–Crippen LogP) is 5.15. The highest BCUT2D eigenvalue weighted by atomic mass is 32.2. The van der Waals surface area contributed by atoms with Gasteiger partial charge in [0.05, 0.1) is 4.90 Å². The van der Waals surface area contributed by atoms with Crippen molar-refractivity contribution >= 4 is 20.7 Å². The number of aromatic nitrogens is 1. The number of H-pyrrole nitrogens is 1. The lowest BCUT2D eigenvalue weighted by Gasteiger charge is -2.14. The molecule has 3 N–H and O–H groups in total. The lowest BCUT2D eigenvalue weighted by molar-refractivity contribution is 0.432. The van der Waals surface area contributed by atoms with Gasteiger partial charge in [-0.15, -0.1) is 0 Å². The van der Waals surface area contributed by atoms with Crippen LogP contribution in [-0.2, 0) is 9.84 Å². The number of aromatic amines is 1. The molecule has 1 aromatic heterocycles. The van der Waals surface area contributed by atoms with Crippen LogP contribution in [0.1, 0.15) is 33.6 Å². The van der Waals surface area contributed by atoms with Gasteiger partial charge >= 0.3 is 0 Å². The van der Waals surface area contributed by atoms with E-state index in [4.69, 9.17) is 5.73 Å². The van der Waals surface area contributed by atoms with Crippen molar-refractivity contribution in [3.8, 4) is 11.1 Å². The molecule has 0 aliphatic rings. The van der Waals surface area contributed by atoms with Gasteiger partial charge in [0.25, 0.3) is 0 Å². The quantitative estimate of drug-likeness (QED) is 0.618. The molecule has 0 bridgehead atoms. The van der Waals surface area contributed by atoms with Crippen molar-refractivity contribution in [1.82, 2.24) is 4.98 Å². The Morgan fingerprint density at radius 2 is 1.71 bits per heavy atom. The van der Waals surface area contributed by atoms with Gasteiger partial charge < -0.3 is 10.7 Å². The summed E-state index contributed by atoms with van der Waals surface area (Å²) >= 11 is 0. The molecule has 1 unspecified atom stereocenters. The standard InChI is InChI=1S/C15H12FNO2S.C7H17N/c1-20(18,19)12-5-2-10(3-6-12)14-9-17-15-8-11(16)4-7-13(14)15;1-4-6(3)7(8)5-2/h2-9,17H,1H3;6-7H,4-5,8H2,1-3H3/t;6?,7-/m.1/s1. The summed E-state index contributed by atoms with van der Waals surface area (Å²) in [5, 5.41) is 0.901. The summed E-state index contributed by atoms with van der Waals surface area (Å²) in [6, 6.07) is 11.6. The number of nitrogens with two attached hydrogens (primary N) is 1. The Kier molecular flexibility index (Phi) is 7.38. The normalized spacial score (nSPS) is 13.6. The van der Waals surface area contributed by atoms with Crippen LogP contribution >= 0.6 is 0 Å². The van der Waals surface area contributed by atoms with E-state index in [1.165, 1.54) is 24.8 Å². The molecule has 0 amide bonds. The summed E-state index contributed by atoms with van der Waals surface area (Å²) in [5.74, 6) is 0.401. The van der Waals surface area contributed by atoms with Crippen LogP contribution in [0.5, 0.6) is 0 Å². The minimum absolute atomic E-state index is 0.284. The van der Waals surface area contributed by atoms with Gasteiger partial charge in [0.2, 0.25) is 0 Å². The molecule has 3 rings (SSSR count). The molecule has 0 radical (unpaired) electrons. The monoisotopic (exact) mass is 404 g/mol. The SMILES string of the molecule is CCC(C)[C@H](N)CC.CS(=O)(=O)c1ccc(-c2c[nH]c3cc(F)ccc23)cc1. The number of hydrogen-bond donors (Lipinski definition) is 2. The summed E-state index contributed by atoms with van der Waals surface area (Å²) in [4.78, 5) is 3.30. The second kappa shape index (κ2) is 9.34. The smallest absolute Gasteiger partial charge is 0.175 e. The molecule has 0 aliphatic carbocycles. The number of hydrogen-bond acceptors (Lipinski definition) is 3. The predicted molar refractivity (Wildman–Crippen MR) is 115 cm³/mol. The number of sulfone groups is 1.